The predicted molar refractivity (Wildman–Crippen MR) is 96.4 cm³/mol. The number of carbonyl (C=O) groups excluding carboxylic acids is 1. The minimum absolute atomic E-state index is 0. The summed E-state index contributed by atoms with van der Waals surface area (Å²) < 4.78 is 5.77. The van der Waals surface area contributed by atoms with E-state index in [1.165, 1.54) is 5.56 Å². The Balaban J connectivity index is 0.00000264. The van der Waals surface area contributed by atoms with E-state index >= 15 is 0 Å². The van der Waals surface area contributed by atoms with Crippen molar-refractivity contribution >= 4 is 24.0 Å². The first-order valence-corrected chi connectivity index (χ1v) is 7.33. The van der Waals surface area contributed by atoms with Gasteiger partial charge in [0, 0.05) is 11.3 Å². The highest BCUT2D eigenvalue weighted by Crippen LogP contribution is 2.14. The van der Waals surface area contributed by atoms with Gasteiger partial charge in [-0.2, -0.15) is 0 Å². The fourth-order valence-corrected chi connectivity index (χ4v) is 2.11. The van der Waals surface area contributed by atoms with Crippen molar-refractivity contribution in [2.24, 2.45) is 0 Å². The first-order chi connectivity index (χ1) is 10.5. The maximum Gasteiger partial charge on any atom is 0.251 e. The number of halogens is 1. The van der Waals surface area contributed by atoms with Crippen molar-refractivity contribution in [2.75, 3.05) is 12.3 Å². The number of nitrogens with one attached hydrogen (secondary N) is 1. The van der Waals surface area contributed by atoms with Gasteiger partial charge in [-0.05, 0) is 50.6 Å². The van der Waals surface area contributed by atoms with Crippen molar-refractivity contribution in [3.63, 3.8) is 0 Å². The lowest BCUT2D eigenvalue weighted by molar-refractivity contribution is 0.0931. The van der Waals surface area contributed by atoms with Crippen LogP contribution in [0, 0.1) is 13.8 Å². The molecule has 2 aromatic rings. The summed E-state index contributed by atoms with van der Waals surface area (Å²) in [7, 11) is 0. The van der Waals surface area contributed by atoms with Crippen LogP contribution in [0.5, 0.6) is 5.75 Å². The van der Waals surface area contributed by atoms with Gasteiger partial charge in [0.1, 0.15) is 11.9 Å². The molecule has 0 fully saturated rings. The molecule has 0 aliphatic heterocycles. The standard InChI is InChI=1S/C18H22N2O2.ClH/c1-12-4-8-16(9-5-12)22-14(3)11-20-18(21)17-10-15(19)7-6-13(17)2;/h4-10,14H,11,19H2,1-3H3,(H,20,21);1H. The second-order valence-electron chi connectivity index (χ2n) is 5.53. The van der Waals surface area contributed by atoms with Crippen LogP contribution >= 0.6 is 12.4 Å². The number of nitrogens with two attached hydrogens (primary N) is 1. The molecule has 2 aromatic carbocycles. The number of nitrogen functional groups attached to an aromatic ring is 1. The summed E-state index contributed by atoms with van der Waals surface area (Å²) >= 11 is 0. The highest BCUT2D eigenvalue weighted by molar-refractivity contribution is 5.96. The van der Waals surface area contributed by atoms with E-state index in [0.717, 1.165) is 11.3 Å². The predicted octanol–water partition coefficient (Wildman–Crippen LogP) is 3.50. The highest BCUT2D eigenvalue weighted by atomic mass is 35.5. The van der Waals surface area contributed by atoms with Gasteiger partial charge < -0.3 is 15.8 Å². The summed E-state index contributed by atoms with van der Waals surface area (Å²) in [5.74, 6) is 0.664. The molecule has 0 aliphatic rings. The molecule has 1 unspecified atom stereocenters. The topological polar surface area (TPSA) is 64.3 Å². The lowest BCUT2D eigenvalue weighted by Crippen LogP contribution is -2.33. The molecule has 0 radical (unpaired) electrons. The monoisotopic (exact) mass is 334 g/mol. The largest absolute Gasteiger partial charge is 0.489 e. The van der Waals surface area contributed by atoms with Gasteiger partial charge in [0.15, 0.2) is 0 Å². The summed E-state index contributed by atoms with van der Waals surface area (Å²) in [6.45, 7) is 6.27. The maximum atomic E-state index is 12.2. The SMILES string of the molecule is Cc1ccc(OC(C)CNC(=O)c2cc(N)ccc2C)cc1.Cl. The van der Waals surface area contributed by atoms with Crippen LogP contribution in [0.2, 0.25) is 0 Å². The summed E-state index contributed by atoms with van der Waals surface area (Å²) in [4.78, 5) is 12.2. The number of carbonyl (C=O) groups is 1. The number of hydrogen-bond acceptors (Lipinski definition) is 3. The molecule has 0 bridgehead atoms. The van der Waals surface area contributed by atoms with E-state index in [4.69, 9.17) is 10.5 Å². The normalized spacial score (nSPS) is 11.3. The van der Waals surface area contributed by atoms with Crippen LogP contribution in [-0.2, 0) is 0 Å². The molecule has 2 rings (SSSR count). The van der Waals surface area contributed by atoms with Crippen molar-refractivity contribution in [3.05, 3.63) is 59.2 Å². The van der Waals surface area contributed by atoms with Gasteiger partial charge in [0.2, 0.25) is 0 Å². The van der Waals surface area contributed by atoms with E-state index in [-0.39, 0.29) is 24.4 Å². The third-order valence-electron chi connectivity index (χ3n) is 3.41. The molecule has 0 saturated heterocycles. The lowest BCUT2D eigenvalue weighted by atomic mass is 10.1. The molecule has 4 nitrogen and oxygen atoms in total. The molecule has 3 N–H and O–H groups in total. The number of benzene rings is 2. The minimum atomic E-state index is -0.135. The second kappa shape index (κ2) is 8.44. The van der Waals surface area contributed by atoms with Crippen molar-refractivity contribution in [1.29, 1.82) is 0 Å². The molecular weight excluding hydrogens is 312 g/mol. The molecule has 0 heterocycles. The van der Waals surface area contributed by atoms with Gasteiger partial charge in [-0.25, -0.2) is 0 Å². The van der Waals surface area contributed by atoms with Crippen molar-refractivity contribution in [3.8, 4) is 5.75 Å². The van der Waals surface area contributed by atoms with E-state index in [1.54, 1.807) is 12.1 Å². The Labute approximate surface area is 143 Å². The smallest absolute Gasteiger partial charge is 0.251 e. The van der Waals surface area contributed by atoms with E-state index in [0.29, 0.717) is 17.8 Å². The summed E-state index contributed by atoms with van der Waals surface area (Å²) in [5, 5.41) is 2.88. The second-order valence-corrected chi connectivity index (χ2v) is 5.53. The van der Waals surface area contributed by atoms with Crippen LogP contribution in [0.25, 0.3) is 0 Å². The van der Waals surface area contributed by atoms with E-state index in [2.05, 4.69) is 5.32 Å². The molecule has 0 aliphatic carbocycles. The Bertz CT molecular complexity index is 657. The molecule has 5 heteroatoms. The average molecular weight is 335 g/mol. The lowest BCUT2D eigenvalue weighted by Gasteiger charge is -2.16. The number of aryl methyl sites for hydroxylation is 2. The summed E-state index contributed by atoms with van der Waals surface area (Å²) in [6, 6.07) is 13.2. The molecule has 1 atom stereocenters. The first kappa shape index (κ1) is 18.8. The van der Waals surface area contributed by atoms with Crippen LogP contribution in [0.3, 0.4) is 0 Å². The van der Waals surface area contributed by atoms with Crippen LogP contribution in [0.4, 0.5) is 5.69 Å². The summed E-state index contributed by atoms with van der Waals surface area (Å²) in [6.07, 6.45) is -0.118. The molecule has 0 saturated carbocycles. The Kier molecular flexibility index (Phi) is 6.91. The minimum Gasteiger partial charge on any atom is -0.489 e. The number of rotatable bonds is 5. The van der Waals surface area contributed by atoms with Gasteiger partial charge in [0.25, 0.3) is 5.91 Å². The Morgan fingerprint density at radius 3 is 2.48 bits per heavy atom. The number of amides is 1. The zero-order valence-corrected chi connectivity index (χ0v) is 14.4. The van der Waals surface area contributed by atoms with Crippen LogP contribution in [-0.4, -0.2) is 18.6 Å². The van der Waals surface area contributed by atoms with Crippen molar-refractivity contribution in [2.45, 2.75) is 26.9 Å². The Hall–Kier alpha value is -2.20. The molecule has 124 valence electrons. The van der Waals surface area contributed by atoms with Crippen molar-refractivity contribution in [1.82, 2.24) is 5.32 Å². The van der Waals surface area contributed by atoms with E-state index in [1.807, 2.05) is 51.1 Å². The zero-order chi connectivity index (χ0) is 16.1. The third kappa shape index (κ3) is 5.49. The molecular formula is C18H23ClN2O2. The number of hydrogen-bond donors (Lipinski definition) is 2. The fraction of sp³-hybridized carbons (Fsp3) is 0.278. The van der Waals surface area contributed by atoms with Gasteiger partial charge in [-0.3, -0.25) is 4.79 Å². The zero-order valence-electron chi connectivity index (χ0n) is 13.6. The maximum absolute atomic E-state index is 12.2. The molecule has 1 amide bonds. The fourth-order valence-electron chi connectivity index (χ4n) is 2.11. The Morgan fingerprint density at radius 2 is 1.83 bits per heavy atom. The quantitative estimate of drug-likeness (QED) is 0.822. The average Bonchev–Trinajstić information content (AvgIpc) is 2.49. The van der Waals surface area contributed by atoms with Crippen molar-refractivity contribution < 1.29 is 9.53 Å². The van der Waals surface area contributed by atoms with Gasteiger partial charge in [-0.15, -0.1) is 12.4 Å². The van der Waals surface area contributed by atoms with E-state index in [9.17, 15) is 4.79 Å². The highest BCUT2D eigenvalue weighted by Gasteiger charge is 2.11. The van der Waals surface area contributed by atoms with Crippen LogP contribution in [0.15, 0.2) is 42.5 Å². The first-order valence-electron chi connectivity index (χ1n) is 7.33. The van der Waals surface area contributed by atoms with Gasteiger partial charge in [-0.1, -0.05) is 23.8 Å². The molecule has 23 heavy (non-hydrogen) atoms. The number of ether oxygens (including phenoxy) is 1. The third-order valence-corrected chi connectivity index (χ3v) is 3.41. The Morgan fingerprint density at radius 1 is 1.17 bits per heavy atom. The van der Waals surface area contributed by atoms with Gasteiger partial charge in [0.05, 0.1) is 6.54 Å². The number of anilines is 1. The van der Waals surface area contributed by atoms with Crippen LogP contribution in [0.1, 0.15) is 28.4 Å². The van der Waals surface area contributed by atoms with Gasteiger partial charge >= 0.3 is 0 Å². The van der Waals surface area contributed by atoms with Crippen LogP contribution < -0.4 is 15.8 Å². The molecule has 0 aromatic heterocycles. The summed E-state index contributed by atoms with van der Waals surface area (Å²) in [5.41, 5.74) is 9.00. The van der Waals surface area contributed by atoms with E-state index < -0.39 is 0 Å². The molecule has 0 spiro atoms.